The average Bonchev–Trinajstić information content (AvgIpc) is 2.88. The average molecular weight is 340 g/mol. The lowest BCUT2D eigenvalue weighted by Crippen LogP contribution is -2.17. The van der Waals surface area contributed by atoms with Crippen LogP contribution in [-0.2, 0) is 0 Å². The van der Waals surface area contributed by atoms with Gasteiger partial charge in [0, 0.05) is 33.2 Å². The molecule has 0 saturated heterocycles. The molecule has 1 heterocycles. The molecule has 0 amide bonds. The van der Waals surface area contributed by atoms with Crippen molar-refractivity contribution in [1.29, 1.82) is 0 Å². The molecule has 23 heavy (non-hydrogen) atoms. The molecule has 0 aliphatic carbocycles. The van der Waals surface area contributed by atoms with E-state index in [0.717, 1.165) is 17.6 Å². The summed E-state index contributed by atoms with van der Waals surface area (Å²) in [6.07, 6.45) is -3.22. The van der Waals surface area contributed by atoms with Gasteiger partial charge < -0.3 is 9.72 Å². The van der Waals surface area contributed by atoms with Gasteiger partial charge >= 0.3 is 6.36 Å². The number of nitrogens with one attached hydrogen (secondary N) is 1. The number of aromatic nitrogens is 1. The maximum atomic E-state index is 12.5. The van der Waals surface area contributed by atoms with Crippen molar-refractivity contribution < 1.29 is 22.7 Å². The number of hydrogen-bond acceptors (Lipinski definition) is 2. The Balaban J connectivity index is 1.91. The molecule has 2 aromatic carbocycles. The molecule has 1 aromatic heterocycles. The quantitative estimate of drug-likeness (QED) is 0.686. The largest absolute Gasteiger partial charge is 0.573 e. The second-order valence-corrected chi connectivity index (χ2v) is 5.23. The van der Waals surface area contributed by atoms with E-state index in [9.17, 15) is 18.0 Å². The van der Waals surface area contributed by atoms with E-state index in [0.29, 0.717) is 16.0 Å². The molecule has 0 saturated carbocycles. The zero-order valence-corrected chi connectivity index (χ0v) is 12.2. The standard InChI is InChI=1S/C16H9ClF3NO2/c17-10-3-6-14-12(7-10)13(8-21-14)15(22)9-1-4-11(5-2-9)23-16(18,19)20/h1-8,21H. The highest BCUT2D eigenvalue weighted by Crippen LogP contribution is 2.26. The van der Waals surface area contributed by atoms with Crippen LogP contribution in [0.25, 0.3) is 10.9 Å². The van der Waals surface area contributed by atoms with Gasteiger partial charge in [-0.25, -0.2) is 0 Å². The van der Waals surface area contributed by atoms with E-state index < -0.39 is 6.36 Å². The highest BCUT2D eigenvalue weighted by Gasteiger charge is 2.31. The first kappa shape index (κ1) is 15.4. The molecule has 1 N–H and O–H groups in total. The fraction of sp³-hybridized carbons (Fsp3) is 0.0625. The Bertz CT molecular complexity index is 869. The lowest BCUT2D eigenvalue weighted by molar-refractivity contribution is -0.274. The predicted octanol–water partition coefficient (Wildman–Crippen LogP) is 4.95. The molecular weight excluding hydrogens is 331 g/mol. The Labute approximate surface area is 133 Å². The molecule has 0 bridgehead atoms. The Morgan fingerprint density at radius 1 is 1.09 bits per heavy atom. The third-order valence-corrected chi connectivity index (χ3v) is 3.47. The van der Waals surface area contributed by atoms with Crippen LogP contribution in [0.4, 0.5) is 13.2 Å². The van der Waals surface area contributed by atoms with Crippen molar-refractivity contribution in [1.82, 2.24) is 4.98 Å². The van der Waals surface area contributed by atoms with Crippen molar-refractivity contribution in [3.8, 4) is 5.75 Å². The molecule has 3 nitrogen and oxygen atoms in total. The predicted molar refractivity (Wildman–Crippen MR) is 79.9 cm³/mol. The van der Waals surface area contributed by atoms with Crippen molar-refractivity contribution in [2.75, 3.05) is 0 Å². The second-order valence-electron chi connectivity index (χ2n) is 4.79. The minimum absolute atomic E-state index is 0.250. The molecule has 0 radical (unpaired) electrons. The smallest absolute Gasteiger partial charge is 0.406 e. The van der Waals surface area contributed by atoms with Crippen molar-refractivity contribution >= 4 is 28.3 Å². The number of fused-ring (bicyclic) bond motifs is 1. The number of alkyl halides is 3. The lowest BCUT2D eigenvalue weighted by atomic mass is 10.0. The van der Waals surface area contributed by atoms with E-state index in [4.69, 9.17) is 11.6 Å². The van der Waals surface area contributed by atoms with Gasteiger partial charge in [0.1, 0.15) is 5.75 Å². The molecule has 0 aliphatic heterocycles. The Morgan fingerprint density at radius 3 is 2.43 bits per heavy atom. The van der Waals surface area contributed by atoms with Crippen LogP contribution >= 0.6 is 11.6 Å². The van der Waals surface area contributed by atoms with Crippen molar-refractivity contribution in [2.24, 2.45) is 0 Å². The van der Waals surface area contributed by atoms with E-state index in [2.05, 4.69) is 9.72 Å². The summed E-state index contributed by atoms with van der Waals surface area (Å²) in [6.45, 7) is 0. The molecule has 7 heteroatoms. The van der Waals surface area contributed by atoms with Gasteiger partial charge in [0.15, 0.2) is 5.78 Å². The summed E-state index contributed by atoms with van der Waals surface area (Å²) in [4.78, 5) is 15.5. The molecule has 3 rings (SSSR count). The summed E-state index contributed by atoms with van der Waals surface area (Å²) in [7, 11) is 0. The molecule has 0 spiro atoms. The summed E-state index contributed by atoms with van der Waals surface area (Å²) < 4.78 is 40.2. The van der Waals surface area contributed by atoms with Gasteiger partial charge in [-0.1, -0.05) is 11.6 Å². The number of rotatable bonds is 3. The molecule has 0 atom stereocenters. The van der Waals surface area contributed by atoms with Gasteiger partial charge in [0.05, 0.1) is 0 Å². The molecular formula is C16H9ClF3NO2. The van der Waals surface area contributed by atoms with Gasteiger partial charge in [-0.2, -0.15) is 0 Å². The van der Waals surface area contributed by atoms with Crippen molar-refractivity contribution in [3.63, 3.8) is 0 Å². The monoisotopic (exact) mass is 339 g/mol. The number of hydrogen-bond donors (Lipinski definition) is 1. The molecule has 0 unspecified atom stereocenters. The molecule has 0 aliphatic rings. The van der Waals surface area contributed by atoms with Crippen LogP contribution < -0.4 is 4.74 Å². The van der Waals surface area contributed by atoms with E-state index >= 15 is 0 Å². The molecule has 3 aromatic rings. The third kappa shape index (κ3) is 3.32. The Morgan fingerprint density at radius 2 is 1.78 bits per heavy atom. The number of carbonyl (C=O) groups excluding carboxylic acids is 1. The van der Waals surface area contributed by atoms with E-state index in [-0.39, 0.29) is 17.1 Å². The Kier molecular flexibility index (Phi) is 3.77. The number of benzene rings is 2. The number of carbonyl (C=O) groups is 1. The van der Waals surface area contributed by atoms with Crippen molar-refractivity contribution in [3.05, 3.63) is 64.8 Å². The van der Waals surface area contributed by atoms with Gasteiger partial charge in [-0.15, -0.1) is 13.2 Å². The van der Waals surface area contributed by atoms with Crippen LogP contribution in [0, 0.1) is 0 Å². The minimum atomic E-state index is -4.76. The molecule has 0 fully saturated rings. The summed E-state index contributed by atoms with van der Waals surface area (Å²) in [5.41, 5.74) is 1.39. The van der Waals surface area contributed by atoms with Gasteiger partial charge in [0.2, 0.25) is 0 Å². The normalized spacial score (nSPS) is 11.7. The second kappa shape index (κ2) is 5.62. The van der Waals surface area contributed by atoms with Crippen LogP contribution in [0.1, 0.15) is 15.9 Å². The summed E-state index contributed by atoms with van der Waals surface area (Å²) in [5.74, 6) is -0.701. The topological polar surface area (TPSA) is 42.1 Å². The first-order valence-electron chi connectivity index (χ1n) is 6.51. The zero-order chi connectivity index (χ0) is 16.6. The van der Waals surface area contributed by atoms with Crippen LogP contribution in [0.5, 0.6) is 5.75 Å². The van der Waals surface area contributed by atoms with Gasteiger partial charge in [-0.05, 0) is 42.5 Å². The maximum absolute atomic E-state index is 12.5. The number of ether oxygens (including phenoxy) is 1. The first-order chi connectivity index (χ1) is 10.8. The third-order valence-electron chi connectivity index (χ3n) is 3.24. The van der Waals surface area contributed by atoms with Gasteiger partial charge in [-0.3, -0.25) is 4.79 Å². The van der Waals surface area contributed by atoms with Crippen LogP contribution in [-0.4, -0.2) is 17.1 Å². The Hall–Kier alpha value is -2.47. The highest BCUT2D eigenvalue weighted by molar-refractivity contribution is 6.31. The van der Waals surface area contributed by atoms with E-state index in [1.165, 1.54) is 12.1 Å². The summed E-state index contributed by atoms with van der Waals surface area (Å²) in [5, 5.41) is 1.14. The fourth-order valence-electron chi connectivity index (χ4n) is 2.24. The maximum Gasteiger partial charge on any atom is 0.573 e. The first-order valence-corrected chi connectivity index (χ1v) is 6.88. The van der Waals surface area contributed by atoms with E-state index in [1.54, 1.807) is 24.4 Å². The molecule has 118 valence electrons. The van der Waals surface area contributed by atoms with E-state index in [1.807, 2.05) is 0 Å². The van der Waals surface area contributed by atoms with Crippen LogP contribution in [0.2, 0.25) is 5.02 Å². The SMILES string of the molecule is O=C(c1ccc(OC(F)(F)F)cc1)c1c[nH]c2ccc(Cl)cc12. The number of H-pyrrole nitrogens is 1. The van der Waals surface area contributed by atoms with Crippen molar-refractivity contribution in [2.45, 2.75) is 6.36 Å². The van der Waals surface area contributed by atoms with Gasteiger partial charge in [0.25, 0.3) is 0 Å². The number of halogens is 4. The lowest BCUT2D eigenvalue weighted by Gasteiger charge is -2.08. The summed E-state index contributed by atoms with van der Waals surface area (Å²) in [6, 6.07) is 9.86. The van der Waals surface area contributed by atoms with Crippen LogP contribution in [0.15, 0.2) is 48.7 Å². The zero-order valence-electron chi connectivity index (χ0n) is 11.4. The number of aromatic amines is 1. The fourth-order valence-corrected chi connectivity index (χ4v) is 2.42. The number of ketones is 1. The summed E-state index contributed by atoms with van der Waals surface area (Å²) >= 11 is 5.93. The highest BCUT2D eigenvalue weighted by atomic mass is 35.5. The minimum Gasteiger partial charge on any atom is -0.406 e. The van der Waals surface area contributed by atoms with Crippen LogP contribution in [0.3, 0.4) is 0 Å².